The summed E-state index contributed by atoms with van der Waals surface area (Å²) in [5, 5.41) is 0. The zero-order valence-corrected chi connectivity index (χ0v) is 23.0. The van der Waals surface area contributed by atoms with Gasteiger partial charge in [0.1, 0.15) is 18.1 Å². The predicted octanol–water partition coefficient (Wildman–Crippen LogP) is 7.86. The molecule has 172 valence electrons. The minimum absolute atomic E-state index is 0.315. The van der Waals surface area contributed by atoms with Gasteiger partial charge in [-0.2, -0.15) is 0 Å². The van der Waals surface area contributed by atoms with E-state index in [1.165, 1.54) is 12.7 Å². The summed E-state index contributed by atoms with van der Waals surface area (Å²) in [7, 11) is 1.38. The molecule has 3 aromatic carbocycles. The monoisotopic (exact) mass is 660 g/mol. The van der Waals surface area contributed by atoms with Gasteiger partial charge in [-0.25, -0.2) is 4.79 Å². The summed E-state index contributed by atoms with van der Waals surface area (Å²) in [5.41, 5.74) is 2.57. The van der Waals surface area contributed by atoms with Gasteiger partial charge in [-0.05, 0) is 48.7 Å². The maximum absolute atomic E-state index is 11.8. The highest BCUT2D eigenvalue weighted by molar-refractivity contribution is 15.0. The smallest absolute Gasteiger partial charge is 0.338 e. The first-order chi connectivity index (χ1) is 15.8. The van der Waals surface area contributed by atoms with E-state index < -0.39 is 0 Å². The minimum Gasteiger partial charge on any atom is -0.494 e. The third-order valence-electron chi connectivity index (χ3n) is 4.36. The Balaban J connectivity index is 0.00000121. The van der Waals surface area contributed by atoms with Crippen LogP contribution in [0.1, 0.15) is 41.8 Å². The van der Waals surface area contributed by atoms with E-state index in [0.717, 1.165) is 29.9 Å². The molecule has 0 unspecified atom stereocenters. The molecule has 0 aliphatic rings. The molecule has 3 rings (SSSR count). The van der Waals surface area contributed by atoms with Crippen molar-refractivity contribution in [2.45, 2.75) is 33.3 Å². The number of carbonyl (C=O) groups excluding carboxylic acids is 1. The van der Waals surface area contributed by atoms with E-state index in [2.05, 4.69) is 49.4 Å². The zero-order valence-electron chi connectivity index (χ0n) is 18.7. The van der Waals surface area contributed by atoms with Crippen LogP contribution in [0.5, 0.6) is 11.5 Å². The molecule has 3 aromatic rings. The molecule has 0 aromatic heterocycles. The number of carbonyl (C=O) groups is 1. The van der Waals surface area contributed by atoms with E-state index >= 15 is 0 Å². The summed E-state index contributed by atoms with van der Waals surface area (Å²) in [6, 6.07) is 25.2. The van der Waals surface area contributed by atoms with Crippen molar-refractivity contribution in [3.8, 4) is 11.5 Å². The molecular weight excluding hydrogens is 630 g/mol. The summed E-state index contributed by atoms with van der Waals surface area (Å²) in [5.74, 6) is 1.31. The van der Waals surface area contributed by atoms with E-state index in [4.69, 9.17) is 14.2 Å². The van der Waals surface area contributed by atoms with Crippen molar-refractivity contribution < 1.29 is 19.0 Å². The molecular formula is C26H30I2O4. The molecule has 0 aliphatic carbocycles. The fourth-order valence-corrected chi connectivity index (χ4v) is 2.85. The summed E-state index contributed by atoms with van der Waals surface area (Å²) in [6.45, 7) is 5.00. The Labute approximate surface area is 215 Å². The van der Waals surface area contributed by atoms with Crippen LogP contribution in [0.3, 0.4) is 0 Å². The van der Waals surface area contributed by atoms with Gasteiger partial charge in [0, 0.05) is 42.8 Å². The van der Waals surface area contributed by atoms with Crippen LogP contribution < -0.4 is 9.47 Å². The zero-order chi connectivity index (χ0) is 23.6. The number of para-hydroxylation sites is 1. The number of methoxy groups -OCH3 is 1. The van der Waals surface area contributed by atoms with E-state index in [1.54, 1.807) is 6.07 Å². The highest BCUT2D eigenvalue weighted by Crippen LogP contribution is 2.18. The van der Waals surface area contributed by atoms with Gasteiger partial charge in [0.05, 0.1) is 19.3 Å². The number of benzene rings is 3. The van der Waals surface area contributed by atoms with Gasteiger partial charge < -0.3 is 14.2 Å². The molecule has 0 spiro atoms. The Morgan fingerprint density at radius 3 is 2.03 bits per heavy atom. The lowest BCUT2D eigenvalue weighted by atomic mass is 10.1. The average Bonchev–Trinajstić information content (AvgIpc) is 2.89. The van der Waals surface area contributed by atoms with Crippen LogP contribution in [0, 0.1) is 0 Å². The van der Waals surface area contributed by atoms with Crippen molar-refractivity contribution in [2.75, 3.05) is 13.7 Å². The topological polar surface area (TPSA) is 44.8 Å². The fraction of sp³-hybridized carbons (Fsp3) is 0.269. The number of aryl methyl sites for hydroxylation is 1. The van der Waals surface area contributed by atoms with Crippen molar-refractivity contribution >= 4 is 43.2 Å². The van der Waals surface area contributed by atoms with E-state index in [1.807, 2.05) is 74.5 Å². The molecule has 0 aliphatic heterocycles. The lowest BCUT2D eigenvalue weighted by molar-refractivity contribution is 0.0597. The molecule has 0 bridgehead atoms. The molecule has 0 N–H and O–H groups in total. The third kappa shape index (κ3) is 10.2. The molecule has 0 fully saturated rings. The van der Waals surface area contributed by atoms with Crippen molar-refractivity contribution in [2.24, 2.45) is 0 Å². The van der Waals surface area contributed by atoms with Crippen LogP contribution in [0.25, 0.3) is 0 Å². The van der Waals surface area contributed by atoms with Crippen molar-refractivity contribution in [1.29, 1.82) is 0 Å². The average molecular weight is 660 g/mol. The Bertz CT molecular complexity index is 884. The number of hydrogen-bond acceptors (Lipinski definition) is 4. The lowest BCUT2D eigenvalue weighted by Crippen LogP contribution is -2.07. The minimum atomic E-state index is -0.354. The fourth-order valence-electron chi connectivity index (χ4n) is 2.85. The molecule has 32 heavy (non-hydrogen) atoms. The van der Waals surface area contributed by atoms with Crippen LogP contribution in [-0.2, 0) is 17.8 Å². The molecule has 0 radical (unpaired) electrons. The molecule has 6 heteroatoms. The molecule has 0 heterocycles. The molecule has 0 amide bonds. The normalized spacial score (nSPS) is 9.41. The molecule has 0 saturated carbocycles. The third-order valence-corrected chi connectivity index (χ3v) is 4.36. The van der Waals surface area contributed by atoms with Gasteiger partial charge in [0.25, 0.3) is 0 Å². The standard InChI is InChI=1S/C24H24O4.C2H6.I2/c1-26-24(25)23-12-6-5-9-20(23)18-28-22-15-13-19(14-16-22)8-7-17-27-21-10-3-2-4-11-21;2*1-2/h2-6,9-16H,7-8,17-18H2,1H3;1-2H3;. The predicted molar refractivity (Wildman–Crippen MR) is 148 cm³/mol. The first kappa shape index (κ1) is 28.2. The SMILES string of the molecule is CC.COC(=O)c1ccccc1COc1ccc(CCCOc2ccccc2)cc1.II. The summed E-state index contributed by atoms with van der Waals surface area (Å²) < 4.78 is 16.4. The summed E-state index contributed by atoms with van der Waals surface area (Å²) in [4.78, 5) is 11.8. The van der Waals surface area contributed by atoms with Gasteiger partial charge >= 0.3 is 5.97 Å². The van der Waals surface area contributed by atoms with Gasteiger partial charge in [0.2, 0.25) is 0 Å². The van der Waals surface area contributed by atoms with E-state index in [-0.39, 0.29) is 5.97 Å². The second-order valence-corrected chi connectivity index (χ2v) is 6.35. The van der Waals surface area contributed by atoms with Crippen molar-refractivity contribution in [3.63, 3.8) is 0 Å². The van der Waals surface area contributed by atoms with Crippen LogP contribution >= 0.6 is 37.2 Å². The van der Waals surface area contributed by atoms with E-state index in [0.29, 0.717) is 18.8 Å². The van der Waals surface area contributed by atoms with Crippen LogP contribution in [0.2, 0.25) is 0 Å². The number of esters is 1. The van der Waals surface area contributed by atoms with Crippen molar-refractivity contribution in [3.05, 3.63) is 95.6 Å². The largest absolute Gasteiger partial charge is 0.494 e. The number of halogens is 2. The Hall–Kier alpha value is -1.81. The maximum Gasteiger partial charge on any atom is 0.338 e. The van der Waals surface area contributed by atoms with Crippen molar-refractivity contribution in [1.82, 2.24) is 0 Å². The van der Waals surface area contributed by atoms with E-state index in [9.17, 15) is 4.79 Å². The lowest BCUT2D eigenvalue weighted by Gasteiger charge is -2.10. The Morgan fingerprint density at radius 1 is 0.781 bits per heavy atom. The van der Waals surface area contributed by atoms with Gasteiger partial charge in [-0.15, -0.1) is 0 Å². The molecule has 0 atom stereocenters. The number of rotatable bonds is 9. The maximum atomic E-state index is 11.8. The molecule has 0 saturated heterocycles. The van der Waals surface area contributed by atoms with Crippen LogP contribution in [0.15, 0.2) is 78.9 Å². The van der Waals surface area contributed by atoms with Gasteiger partial charge in [0.15, 0.2) is 0 Å². The Morgan fingerprint density at radius 2 is 1.38 bits per heavy atom. The first-order valence-corrected chi connectivity index (χ1v) is 16.7. The summed E-state index contributed by atoms with van der Waals surface area (Å²) >= 11 is 4.24. The second-order valence-electron chi connectivity index (χ2n) is 6.35. The summed E-state index contributed by atoms with van der Waals surface area (Å²) in [6.07, 6.45) is 1.89. The van der Waals surface area contributed by atoms with Gasteiger partial charge in [-0.1, -0.05) is 62.4 Å². The first-order valence-electron chi connectivity index (χ1n) is 10.5. The molecule has 4 nitrogen and oxygen atoms in total. The Kier molecular flexibility index (Phi) is 15.6. The number of hydrogen-bond donors (Lipinski definition) is 0. The highest BCUT2D eigenvalue weighted by atomic mass is 128. The highest BCUT2D eigenvalue weighted by Gasteiger charge is 2.11. The quantitative estimate of drug-likeness (QED) is 0.133. The van der Waals surface area contributed by atoms with Crippen LogP contribution in [-0.4, -0.2) is 19.7 Å². The second kappa shape index (κ2) is 17.7. The van der Waals surface area contributed by atoms with Gasteiger partial charge in [-0.3, -0.25) is 0 Å². The van der Waals surface area contributed by atoms with Crippen LogP contribution in [0.4, 0.5) is 0 Å². The number of ether oxygens (including phenoxy) is 3.